The summed E-state index contributed by atoms with van der Waals surface area (Å²) in [6.45, 7) is 6.39. The van der Waals surface area contributed by atoms with Crippen molar-refractivity contribution in [2.45, 2.75) is 66.7 Å². The molecule has 0 N–H and O–H groups in total. The molecule has 74 valence electrons. The molecule has 0 atom stereocenters. The summed E-state index contributed by atoms with van der Waals surface area (Å²) in [6.07, 6.45) is 9.24. The Labute approximate surface area is 78.8 Å². The maximum absolute atomic E-state index is 2.39. The van der Waals surface area contributed by atoms with Crippen LogP contribution >= 0.6 is 0 Å². The van der Waals surface area contributed by atoms with Gasteiger partial charge >= 0.3 is 0 Å². The van der Waals surface area contributed by atoms with E-state index in [0.717, 1.165) is 11.3 Å². The first-order chi connectivity index (χ1) is 5.31. The molecule has 0 aromatic carbocycles. The van der Waals surface area contributed by atoms with Gasteiger partial charge in [-0.2, -0.15) is 0 Å². The summed E-state index contributed by atoms with van der Waals surface area (Å²) < 4.78 is 0. The molecule has 0 nitrogen and oxygen atoms in total. The summed E-state index contributed by atoms with van der Waals surface area (Å²) >= 11 is 0. The SMILES string of the molecule is C.CC.CC1CC2(CCCC2)C1. The number of hydrogen-bond donors (Lipinski definition) is 0. The van der Waals surface area contributed by atoms with Crippen LogP contribution in [0.3, 0.4) is 0 Å². The molecule has 2 aliphatic carbocycles. The monoisotopic (exact) mass is 170 g/mol. The average molecular weight is 170 g/mol. The first-order valence-corrected chi connectivity index (χ1v) is 5.31. The highest BCUT2D eigenvalue weighted by atomic mass is 14.5. The van der Waals surface area contributed by atoms with Gasteiger partial charge in [-0.05, 0) is 37.0 Å². The summed E-state index contributed by atoms with van der Waals surface area (Å²) in [5.41, 5.74) is 0.888. The Balaban J connectivity index is 0.000000378. The van der Waals surface area contributed by atoms with Gasteiger partial charge in [0.05, 0.1) is 0 Å². The van der Waals surface area contributed by atoms with E-state index in [-0.39, 0.29) is 7.43 Å². The fourth-order valence-electron chi connectivity index (χ4n) is 2.95. The highest BCUT2D eigenvalue weighted by molar-refractivity contribution is 4.94. The third-order valence-electron chi connectivity index (χ3n) is 3.23. The molecule has 0 radical (unpaired) electrons. The third kappa shape index (κ3) is 2.24. The molecule has 2 aliphatic rings. The van der Waals surface area contributed by atoms with Crippen molar-refractivity contribution in [3.05, 3.63) is 0 Å². The van der Waals surface area contributed by atoms with Gasteiger partial charge in [0.25, 0.3) is 0 Å². The minimum absolute atomic E-state index is 0. The van der Waals surface area contributed by atoms with Crippen molar-refractivity contribution in [1.82, 2.24) is 0 Å². The normalized spacial score (nSPS) is 25.2. The Morgan fingerprint density at radius 2 is 1.42 bits per heavy atom. The van der Waals surface area contributed by atoms with Gasteiger partial charge in [-0.25, -0.2) is 0 Å². The Morgan fingerprint density at radius 3 is 1.75 bits per heavy atom. The van der Waals surface area contributed by atoms with Crippen molar-refractivity contribution in [2.75, 3.05) is 0 Å². The lowest BCUT2D eigenvalue weighted by Gasteiger charge is -2.44. The van der Waals surface area contributed by atoms with E-state index in [1.54, 1.807) is 25.7 Å². The quantitative estimate of drug-likeness (QED) is 0.497. The van der Waals surface area contributed by atoms with Crippen molar-refractivity contribution in [3.63, 3.8) is 0 Å². The second-order valence-electron chi connectivity index (χ2n) is 4.22. The Hall–Kier alpha value is 0. The fourth-order valence-corrected chi connectivity index (χ4v) is 2.95. The molecule has 2 saturated carbocycles. The topological polar surface area (TPSA) is 0 Å². The first-order valence-electron chi connectivity index (χ1n) is 5.31. The van der Waals surface area contributed by atoms with Gasteiger partial charge in [0.1, 0.15) is 0 Å². The number of rotatable bonds is 0. The number of hydrogen-bond acceptors (Lipinski definition) is 0. The molecule has 0 saturated heterocycles. The van der Waals surface area contributed by atoms with E-state index < -0.39 is 0 Å². The zero-order chi connectivity index (χ0) is 8.32. The first kappa shape index (κ1) is 12.0. The van der Waals surface area contributed by atoms with E-state index in [0.29, 0.717) is 0 Å². The van der Waals surface area contributed by atoms with Gasteiger partial charge in [-0.3, -0.25) is 0 Å². The van der Waals surface area contributed by atoms with E-state index in [2.05, 4.69) is 6.92 Å². The van der Waals surface area contributed by atoms with Crippen LogP contribution in [-0.2, 0) is 0 Å². The molecule has 0 amide bonds. The average Bonchev–Trinajstić information content (AvgIpc) is 2.40. The second kappa shape index (κ2) is 4.89. The molecule has 0 aromatic heterocycles. The zero-order valence-electron chi connectivity index (χ0n) is 8.32. The molecule has 0 unspecified atom stereocenters. The molecule has 0 heteroatoms. The molecular formula is C12H26. The lowest BCUT2D eigenvalue weighted by molar-refractivity contribution is 0.0745. The predicted octanol–water partition coefficient (Wildman–Crippen LogP) is 4.64. The minimum Gasteiger partial charge on any atom is -0.0776 e. The van der Waals surface area contributed by atoms with Crippen LogP contribution in [0, 0.1) is 11.3 Å². The van der Waals surface area contributed by atoms with Crippen molar-refractivity contribution >= 4 is 0 Å². The smallest absolute Gasteiger partial charge is 0.0292 e. The summed E-state index contributed by atoms with van der Waals surface area (Å²) in [5, 5.41) is 0. The maximum Gasteiger partial charge on any atom is -0.0292 e. The summed E-state index contributed by atoms with van der Waals surface area (Å²) in [6, 6.07) is 0. The van der Waals surface area contributed by atoms with Crippen LogP contribution < -0.4 is 0 Å². The van der Waals surface area contributed by atoms with Crippen LogP contribution in [0.25, 0.3) is 0 Å². The van der Waals surface area contributed by atoms with Crippen LogP contribution in [0.5, 0.6) is 0 Å². The van der Waals surface area contributed by atoms with Gasteiger partial charge in [-0.1, -0.05) is 41.0 Å². The van der Waals surface area contributed by atoms with Crippen LogP contribution in [0.4, 0.5) is 0 Å². The maximum atomic E-state index is 2.39. The molecule has 0 heterocycles. The van der Waals surface area contributed by atoms with E-state index in [1.807, 2.05) is 13.8 Å². The summed E-state index contributed by atoms with van der Waals surface area (Å²) in [5.74, 6) is 1.06. The van der Waals surface area contributed by atoms with E-state index in [1.165, 1.54) is 12.8 Å². The van der Waals surface area contributed by atoms with Gasteiger partial charge in [0.15, 0.2) is 0 Å². The Kier molecular flexibility index (Phi) is 4.89. The molecule has 2 rings (SSSR count). The van der Waals surface area contributed by atoms with Gasteiger partial charge in [0, 0.05) is 0 Å². The molecule has 0 aliphatic heterocycles. The van der Waals surface area contributed by atoms with Crippen LogP contribution in [0.1, 0.15) is 66.7 Å². The van der Waals surface area contributed by atoms with Crippen LogP contribution in [0.2, 0.25) is 0 Å². The van der Waals surface area contributed by atoms with Crippen molar-refractivity contribution < 1.29 is 0 Å². The molecule has 12 heavy (non-hydrogen) atoms. The van der Waals surface area contributed by atoms with Crippen LogP contribution in [0.15, 0.2) is 0 Å². The molecule has 0 bridgehead atoms. The van der Waals surface area contributed by atoms with Gasteiger partial charge in [0.2, 0.25) is 0 Å². The molecule has 2 fully saturated rings. The predicted molar refractivity (Wildman–Crippen MR) is 57.4 cm³/mol. The standard InChI is InChI=1S/C9H16.C2H6.CH4/c1-8-6-9(7-8)4-2-3-5-9;1-2;/h8H,2-7H2,1H3;1-2H3;1H4. The highest BCUT2D eigenvalue weighted by Gasteiger charge is 2.43. The van der Waals surface area contributed by atoms with Crippen LogP contribution in [-0.4, -0.2) is 0 Å². The Bertz CT molecular complexity index is 101. The van der Waals surface area contributed by atoms with Crippen molar-refractivity contribution in [3.8, 4) is 0 Å². The van der Waals surface area contributed by atoms with Crippen molar-refractivity contribution in [1.29, 1.82) is 0 Å². The molecule has 0 aromatic rings. The third-order valence-corrected chi connectivity index (χ3v) is 3.23. The van der Waals surface area contributed by atoms with E-state index >= 15 is 0 Å². The lowest BCUT2D eigenvalue weighted by atomic mass is 9.62. The van der Waals surface area contributed by atoms with Gasteiger partial charge in [-0.15, -0.1) is 0 Å². The van der Waals surface area contributed by atoms with Crippen molar-refractivity contribution in [2.24, 2.45) is 11.3 Å². The Morgan fingerprint density at radius 1 is 1.00 bits per heavy atom. The second-order valence-corrected chi connectivity index (χ2v) is 4.22. The fraction of sp³-hybridized carbons (Fsp3) is 1.00. The van der Waals surface area contributed by atoms with E-state index in [4.69, 9.17) is 0 Å². The molecule has 1 spiro atoms. The largest absolute Gasteiger partial charge is 0.0776 e. The highest BCUT2D eigenvalue weighted by Crippen LogP contribution is 2.55. The zero-order valence-corrected chi connectivity index (χ0v) is 8.32. The summed E-state index contributed by atoms with van der Waals surface area (Å²) in [4.78, 5) is 0. The lowest BCUT2D eigenvalue weighted by Crippen LogP contribution is -2.32. The minimum atomic E-state index is 0. The van der Waals surface area contributed by atoms with Gasteiger partial charge < -0.3 is 0 Å². The summed E-state index contributed by atoms with van der Waals surface area (Å²) in [7, 11) is 0. The molecular weight excluding hydrogens is 144 g/mol. The van der Waals surface area contributed by atoms with E-state index in [9.17, 15) is 0 Å².